The van der Waals surface area contributed by atoms with Crippen molar-refractivity contribution in [2.75, 3.05) is 25.5 Å². The van der Waals surface area contributed by atoms with Crippen LogP contribution in [-0.2, 0) is 6.54 Å². The zero-order chi connectivity index (χ0) is 20.3. The van der Waals surface area contributed by atoms with E-state index in [0.717, 1.165) is 20.6 Å². The van der Waals surface area contributed by atoms with Gasteiger partial charge in [0.05, 0.1) is 24.6 Å². The molecule has 0 unspecified atom stereocenters. The average molecular weight is 388 g/mol. The van der Waals surface area contributed by atoms with Crippen LogP contribution in [0.1, 0.15) is 0 Å². The first-order chi connectivity index (χ1) is 13.4. The number of anilines is 1. The number of rotatable bonds is 6. The van der Waals surface area contributed by atoms with Crippen LogP contribution in [0.3, 0.4) is 0 Å². The SMILES string of the molecule is CN(C)c1ccc(-c2cnc(-n3cnn(CC(CN)=C(F)F)c3=O)cn2)cn1. The van der Waals surface area contributed by atoms with Crippen LogP contribution in [0.25, 0.3) is 17.1 Å². The van der Waals surface area contributed by atoms with Gasteiger partial charge in [0, 0.05) is 38.0 Å². The minimum atomic E-state index is -1.91. The van der Waals surface area contributed by atoms with E-state index < -0.39 is 11.8 Å². The Bertz CT molecular complexity index is 1030. The molecule has 0 spiro atoms. The third-order valence-electron chi connectivity index (χ3n) is 3.97. The maximum Gasteiger partial charge on any atom is 0.351 e. The van der Waals surface area contributed by atoms with Crippen LogP contribution in [-0.4, -0.2) is 49.9 Å². The molecule has 3 rings (SSSR count). The Balaban J connectivity index is 1.84. The van der Waals surface area contributed by atoms with Crippen molar-refractivity contribution in [3.05, 3.63) is 59.2 Å². The molecule has 0 radical (unpaired) electrons. The number of aromatic nitrogens is 6. The molecule has 28 heavy (non-hydrogen) atoms. The molecule has 9 nitrogen and oxygen atoms in total. The second-order valence-corrected chi connectivity index (χ2v) is 6.07. The van der Waals surface area contributed by atoms with Crippen molar-refractivity contribution in [1.29, 1.82) is 0 Å². The fourth-order valence-electron chi connectivity index (χ4n) is 2.38. The van der Waals surface area contributed by atoms with E-state index in [0.29, 0.717) is 5.69 Å². The lowest BCUT2D eigenvalue weighted by atomic mass is 10.2. The maximum absolute atomic E-state index is 12.7. The van der Waals surface area contributed by atoms with E-state index in [9.17, 15) is 13.6 Å². The molecule has 11 heteroatoms. The minimum absolute atomic E-state index is 0.219. The third kappa shape index (κ3) is 3.93. The molecule has 0 saturated carbocycles. The quantitative estimate of drug-likeness (QED) is 0.673. The molecule has 0 aliphatic heterocycles. The van der Waals surface area contributed by atoms with Crippen molar-refractivity contribution in [2.24, 2.45) is 5.73 Å². The van der Waals surface area contributed by atoms with E-state index in [-0.39, 0.29) is 24.5 Å². The summed E-state index contributed by atoms with van der Waals surface area (Å²) in [6.07, 6.45) is 3.86. The lowest BCUT2D eigenvalue weighted by Gasteiger charge is -2.11. The first kappa shape index (κ1) is 19.3. The van der Waals surface area contributed by atoms with Gasteiger partial charge >= 0.3 is 5.69 Å². The van der Waals surface area contributed by atoms with Gasteiger partial charge in [-0.1, -0.05) is 0 Å². The van der Waals surface area contributed by atoms with E-state index >= 15 is 0 Å². The highest BCUT2D eigenvalue weighted by Gasteiger charge is 2.13. The normalized spacial score (nSPS) is 10.8. The first-order valence-corrected chi connectivity index (χ1v) is 8.24. The van der Waals surface area contributed by atoms with Crippen molar-refractivity contribution in [3.8, 4) is 17.1 Å². The van der Waals surface area contributed by atoms with Crippen molar-refractivity contribution in [2.45, 2.75) is 6.54 Å². The highest BCUT2D eigenvalue weighted by molar-refractivity contribution is 5.59. The molecular formula is C17H18F2N8O. The Hall–Kier alpha value is -3.47. The van der Waals surface area contributed by atoms with Gasteiger partial charge in [-0.15, -0.1) is 0 Å². The molecule has 3 aromatic rings. The number of hydrogen-bond donors (Lipinski definition) is 1. The number of nitrogens with zero attached hydrogens (tertiary/aromatic N) is 7. The molecule has 146 valence electrons. The Kier molecular flexibility index (Phi) is 5.54. The monoisotopic (exact) mass is 388 g/mol. The Labute approximate surface area is 158 Å². The largest absolute Gasteiger partial charge is 0.363 e. The van der Waals surface area contributed by atoms with Gasteiger partial charge in [0.1, 0.15) is 12.1 Å². The molecule has 0 aliphatic carbocycles. The van der Waals surface area contributed by atoms with Crippen molar-refractivity contribution < 1.29 is 8.78 Å². The molecule has 2 N–H and O–H groups in total. The van der Waals surface area contributed by atoms with E-state index in [1.165, 1.54) is 18.7 Å². The van der Waals surface area contributed by atoms with Gasteiger partial charge in [0.25, 0.3) is 6.08 Å². The molecular weight excluding hydrogens is 370 g/mol. The van der Waals surface area contributed by atoms with Gasteiger partial charge in [-0.05, 0) is 12.1 Å². The Morgan fingerprint density at radius 1 is 1.14 bits per heavy atom. The molecule has 0 amide bonds. The van der Waals surface area contributed by atoms with Gasteiger partial charge in [-0.25, -0.2) is 24.0 Å². The lowest BCUT2D eigenvalue weighted by Crippen LogP contribution is -2.26. The average Bonchev–Trinajstić information content (AvgIpc) is 3.06. The topological polar surface area (TPSA) is 108 Å². The van der Waals surface area contributed by atoms with E-state index in [1.54, 1.807) is 6.20 Å². The molecule has 0 bridgehead atoms. The van der Waals surface area contributed by atoms with Crippen LogP contribution in [0.2, 0.25) is 0 Å². The second kappa shape index (κ2) is 8.05. The molecule has 0 fully saturated rings. The van der Waals surface area contributed by atoms with E-state index in [2.05, 4.69) is 20.1 Å². The van der Waals surface area contributed by atoms with E-state index in [4.69, 9.17) is 5.73 Å². The summed E-state index contributed by atoms with van der Waals surface area (Å²) in [6.45, 7) is -0.753. The zero-order valence-electron chi connectivity index (χ0n) is 15.3. The van der Waals surface area contributed by atoms with Crippen LogP contribution in [0, 0.1) is 0 Å². The molecule has 3 heterocycles. The van der Waals surface area contributed by atoms with Crippen LogP contribution in [0.5, 0.6) is 0 Å². The standard InChI is InChI=1S/C17H18F2N8O/c1-25(2)14-4-3-11(6-22-14)13-7-23-15(8-21-13)26-10-24-27(17(26)28)9-12(5-20)16(18)19/h3-4,6-8,10H,5,9,20H2,1-2H3. The number of nitrogens with two attached hydrogens (primary N) is 1. The van der Waals surface area contributed by atoms with Crippen LogP contribution < -0.4 is 16.3 Å². The first-order valence-electron chi connectivity index (χ1n) is 8.24. The molecule has 0 aromatic carbocycles. The Morgan fingerprint density at radius 2 is 1.93 bits per heavy atom. The fourth-order valence-corrected chi connectivity index (χ4v) is 2.38. The smallest absolute Gasteiger partial charge is 0.351 e. The molecule has 3 aromatic heterocycles. The van der Waals surface area contributed by atoms with Crippen molar-refractivity contribution in [3.63, 3.8) is 0 Å². The molecule has 0 atom stereocenters. The summed E-state index contributed by atoms with van der Waals surface area (Å²) < 4.78 is 27.5. The lowest BCUT2D eigenvalue weighted by molar-refractivity contribution is 0.400. The number of hydrogen-bond acceptors (Lipinski definition) is 7. The van der Waals surface area contributed by atoms with Crippen molar-refractivity contribution >= 4 is 5.82 Å². The second-order valence-electron chi connectivity index (χ2n) is 6.07. The van der Waals surface area contributed by atoms with Crippen LogP contribution in [0.15, 0.2) is 53.5 Å². The summed E-state index contributed by atoms with van der Waals surface area (Å²) in [4.78, 5) is 27.1. The minimum Gasteiger partial charge on any atom is -0.363 e. The zero-order valence-corrected chi connectivity index (χ0v) is 15.3. The van der Waals surface area contributed by atoms with Crippen LogP contribution >= 0.6 is 0 Å². The van der Waals surface area contributed by atoms with Gasteiger partial charge in [-0.3, -0.25) is 4.98 Å². The maximum atomic E-state index is 12.7. The van der Waals surface area contributed by atoms with Crippen molar-refractivity contribution in [1.82, 2.24) is 29.3 Å². The highest BCUT2D eigenvalue weighted by atomic mass is 19.3. The number of pyridine rings is 1. The summed E-state index contributed by atoms with van der Waals surface area (Å²) in [6, 6.07) is 3.72. The Morgan fingerprint density at radius 3 is 2.46 bits per heavy atom. The summed E-state index contributed by atoms with van der Waals surface area (Å²) >= 11 is 0. The van der Waals surface area contributed by atoms with Gasteiger partial charge < -0.3 is 10.6 Å². The summed E-state index contributed by atoms with van der Waals surface area (Å²) in [5, 5.41) is 3.83. The third-order valence-corrected chi connectivity index (χ3v) is 3.97. The van der Waals surface area contributed by atoms with E-state index in [1.807, 2.05) is 31.1 Å². The van der Waals surface area contributed by atoms with Crippen LogP contribution in [0.4, 0.5) is 14.6 Å². The molecule has 0 saturated heterocycles. The summed E-state index contributed by atoms with van der Waals surface area (Å²) in [5.74, 6) is 1.03. The predicted molar refractivity (Wildman–Crippen MR) is 99.3 cm³/mol. The summed E-state index contributed by atoms with van der Waals surface area (Å²) in [7, 11) is 3.78. The highest BCUT2D eigenvalue weighted by Crippen LogP contribution is 2.18. The fraction of sp³-hybridized carbons (Fsp3) is 0.235. The number of halogens is 2. The van der Waals surface area contributed by atoms with Gasteiger partial charge in [-0.2, -0.15) is 13.9 Å². The van der Waals surface area contributed by atoms with Gasteiger partial charge in [0.2, 0.25) is 0 Å². The molecule has 0 aliphatic rings. The summed E-state index contributed by atoms with van der Waals surface area (Å²) in [5.41, 5.74) is 5.64. The predicted octanol–water partition coefficient (Wildman–Crippen LogP) is 1.06. The van der Waals surface area contributed by atoms with Gasteiger partial charge in [0.15, 0.2) is 5.82 Å².